The number of halogens is 1. The van der Waals surface area contributed by atoms with Gasteiger partial charge in [0, 0.05) is 29.4 Å². The van der Waals surface area contributed by atoms with Crippen molar-refractivity contribution >= 4 is 34.0 Å². The van der Waals surface area contributed by atoms with Gasteiger partial charge in [0.25, 0.3) is 0 Å². The molecule has 2 heterocycles. The monoisotopic (exact) mass is 220 g/mol. The number of H-pyrrole nitrogens is 1. The summed E-state index contributed by atoms with van der Waals surface area (Å²) in [6, 6.07) is 5.65. The van der Waals surface area contributed by atoms with Gasteiger partial charge in [-0.1, -0.05) is 23.7 Å². The molecule has 15 heavy (non-hydrogen) atoms. The van der Waals surface area contributed by atoms with Crippen molar-refractivity contribution in [2.24, 2.45) is 0 Å². The van der Waals surface area contributed by atoms with Crippen molar-refractivity contribution in [1.29, 1.82) is 0 Å². The fourth-order valence-electron chi connectivity index (χ4n) is 2.05. The highest BCUT2D eigenvalue weighted by atomic mass is 35.5. The summed E-state index contributed by atoms with van der Waals surface area (Å²) in [6.07, 6.45) is 0.518. The molecule has 2 N–H and O–H groups in total. The van der Waals surface area contributed by atoms with Crippen molar-refractivity contribution in [2.75, 3.05) is 11.9 Å². The molecule has 0 spiro atoms. The van der Waals surface area contributed by atoms with Gasteiger partial charge in [-0.2, -0.15) is 0 Å². The molecule has 1 aliphatic rings. The molecule has 0 fully saturated rings. The van der Waals surface area contributed by atoms with Gasteiger partial charge in [0.2, 0.25) is 0 Å². The van der Waals surface area contributed by atoms with Crippen LogP contribution in [0.5, 0.6) is 0 Å². The van der Waals surface area contributed by atoms with Crippen LogP contribution in [0, 0.1) is 0 Å². The highest BCUT2D eigenvalue weighted by Gasteiger charge is 2.20. The summed E-state index contributed by atoms with van der Waals surface area (Å²) < 4.78 is 0. The van der Waals surface area contributed by atoms with Crippen LogP contribution in [0.15, 0.2) is 18.2 Å². The summed E-state index contributed by atoms with van der Waals surface area (Å²) in [5.74, 6) is 0.169. The van der Waals surface area contributed by atoms with Crippen LogP contribution in [-0.2, 0) is 0 Å². The number of hydrogen-bond donors (Lipinski definition) is 2. The van der Waals surface area contributed by atoms with Crippen molar-refractivity contribution < 1.29 is 4.79 Å². The largest absolute Gasteiger partial charge is 0.382 e. The van der Waals surface area contributed by atoms with Crippen LogP contribution in [0.25, 0.3) is 10.9 Å². The van der Waals surface area contributed by atoms with Gasteiger partial charge in [0.15, 0.2) is 5.78 Å². The molecule has 1 aromatic carbocycles. The van der Waals surface area contributed by atoms with Crippen LogP contribution < -0.4 is 5.32 Å². The molecule has 0 aliphatic carbocycles. The number of anilines is 1. The highest BCUT2D eigenvalue weighted by Crippen LogP contribution is 2.35. The number of Topliss-reactive ketones (excluding diaryl/α,β-unsaturated/α-hetero) is 1. The van der Waals surface area contributed by atoms with E-state index < -0.39 is 0 Å². The Labute approximate surface area is 91.4 Å². The second-order valence-corrected chi connectivity index (χ2v) is 4.02. The number of aromatic nitrogens is 1. The smallest absolute Gasteiger partial charge is 0.165 e. The maximum Gasteiger partial charge on any atom is 0.165 e. The molecule has 4 heteroatoms. The first kappa shape index (κ1) is 8.80. The fraction of sp³-hybridized carbons (Fsp3) is 0.182. The third kappa shape index (κ3) is 1.16. The normalized spacial score (nSPS) is 15.1. The molecule has 0 saturated heterocycles. The first-order valence-corrected chi connectivity index (χ1v) is 5.22. The molecule has 2 aromatic rings. The number of nitrogens with one attached hydrogen (secondary N) is 2. The SMILES string of the molecule is O=C1CCNc2c(Cl)[nH]c3cccc1c23. The fourth-order valence-corrected chi connectivity index (χ4v) is 2.31. The number of aromatic amines is 1. The summed E-state index contributed by atoms with van der Waals surface area (Å²) >= 11 is 6.06. The molecule has 76 valence electrons. The average Bonchev–Trinajstić information content (AvgIpc) is 2.43. The van der Waals surface area contributed by atoms with E-state index in [4.69, 9.17) is 11.6 Å². The molecule has 0 atom stereocenters. The number of benzene rings is 1. The number of ketones is 1. The Kier molecular flexibility index (Phi) is 1.76. The number of carbonyl (C=O) groups is 1. The Balaban J connectivity index is 2.47. The predicted molar refractivity (Wildman–Crippen MR) is 60.7 cm³/mol. The quantitative estimate of drug-likeness (QED) is 0.717. The average molecular weight is 221 g/mol. The first-order chi connectivity index (χ1) is 7.27. The van der Waals surface area contributed by atoms with Crippen molar-refractivity contribution in [2.45, 2.75) is 6.42 Å². The third-order valence-electron chi connectivity index (χ3n) is 2.73. The zero-order valence-electron chi connectivity index (χ0n) is 7.93. The summed E-state index contributed by atoms with van der Waals surface area (Å²) in [4.78, 5) is 14.9. The van der Waals surface area contributed by atoms with Gasteiger partial charge in [0.1, 0.15) is 5.15 Å². The molecule has 0 unspecified atom stereocenters. The van der Waals surface area contributed by atoms with E-state index in [1.807, 2.05) is 18.2 Å². The molecular weight excluding hydrogens is 212 g/mol. The van der Waals surface area contributed by atoms with Crippen molar-refractivity contribution in [3.63, 3.8) is 0 Å². The van der Waals surface area contributed by atoms with E-state index in [0.29, 0.717) is 18.1 Å². The lowest BCUT2D eigenvalue weighted by Crippen LogP contribution is -2.04. The minimum atomic E-state index is 0.169. The lowest BCUT2D eigenvalue weighted by atomic mass is 10.0. The molecule has 3 nitrogen and oxygen atoms in total. The Morgan fingerprint density at radius 2 is 2.20 bits per heavy atom. The molecule has 3 rings (SSSR count). The molecule has 1 aromatic heterocycles. The van der Waals surface area contributed by atoms with Crippen LogP contribution in [0.4, 0.5) is 5.69 Å². The van der Waals surface area contributed by atoms with Crippen LogP contribution in [0.3, 0.4) is 0 Å². The van der Waals surface area contributed by atoms with Gasteiger partial charge in [-0.25, -0.2) is 0 Å². The third-order valence-corrected chi connectivity index (χ3v) is 3.02. The molecule has 0 radical (unpaired) electrons. The zero-order valence-corrected chi connectivity index (χ0v) is 8.69. The summed E-state index contributed by atoms with van der Waals surface area (Å²) in [5, 5.41) is 4.68. The van der Waals surface area contributed by atoms with E-state index in [9.17, 15) is 4.79 Å². The highest BCUT2D eigenvalue weighted by molar-refractivity contribution is 6.35. The van der Waals surface area contributed by atoms with Crippen molar-refractivity contribution in [1.82, 2.24) is 4.98 Å². The van der Waals surface area contributed by atoms with Crippen LogP contribution in [0.2, 0.25) is 5.15 Å². The summed E-state index contributed by atoms with van der Waals surface area (Å²) in [6.45, 7) is 0.639. The maximum absolute atomic E-state index is 11.8. The van der Waals surface area contributed by atoms with E-state index in [1.165, 1.54) is 0 Å². The Bertz CT molecular complexity index is 559. The maximum atomic E-state index is 11.8. The van der Waals surface area contributed by atoms with Gasteiger partial charge in [0.05, 0.1) is 5.69 Å². The summed E-state index contributed by atoms with van der Waals surface area (Å²) in [5.41, 5.74) is 2.53. The van der Waals surface area contributed by atoms with Crippen LogP contribution in [-0.4, -0.2) is 17.3 Å². The molecular formula is C11H9ClN2O. The van der Waals surface area contributed by atoms with E-state index in [1.54, 1.807) is 0 Å². The minimum Gasteiger partial charge on any atom is -0.382 e. The van der Waals surface area contributed by atoms with E-state index in [2.05, 4.69) is 10.3 Å². The molecule has 0 saturated carbocycles. The van der Waals surface area contributed by atoms with Crippen molar-refractivity contribution in [3.05, 3.63) is 28.9 Å². The van der Waals surface area contributed by atoms with Gasteiger partial charge in [-0.15, -0.1) is 0 Å². The van der Waals surface area contributed by atoms with Gasteiger partial charge >= 0.3 is 0 Å². The molecule has 0 bridgehead atoms. The Morgan fingerprint density at radius 3 is 3.07 bits per heavy atom. The van der Waals surface area contributed by atoms with E-state index >= 15 is 0 Å². The second-order valence-electron chi connectivity index (χ2n) is 3.64. The second kappa shape index (κ2) is 3.00. The molecule has 0 amide bonds. The topological polar surface area (TPSA) is 44.9 Å². The van der Waals surface area contributed by atoms with E-state index in [-0.39, 0.29) is 5.78 Å². The standard InChI is InChI=1S/C11H9ClN2O/c12-11-10-9-6(8(15)4-5-13-10)2-1-3-7(9)14-11/h1-3,13-14H,4-5H2. The van der Waals surface area contributed by atoms with Crippen LogP contribution >= 0.6 is 11.6 Å². The first-order valence-electron chi connectivity index (χ1n) is 4.84. The minimum absolute atomic E-state index is 0.169. The Morgan fingerprint density at radius 1 is 1.33 bits per heavy atom. The number of hydrogen-bond acceptors (Lipinski definition) is 2. The summed E-state index contributed by atoms with van der Waals surface area (Å²) in [7, 11) is 0. The van der Waals surface area contributed by atoms with Gasteiger partial charge in [-0.3, -0.25) is 4.79 Å². The Hall–Kier alpha value is -1.48. The number of rotatable bonds is 0. The lowest BCUT2D eigenvalue weighted by molar-refractivity contribution is 0.0989. The molecule has 1 aliphatic heterocycles. The van der Waals surface area contributed by atoms with Gasteiger partial charge in [-0.05, 0) is 6.07 Å². The van der Waals surface area contributed by atoms with Crippen molar-refractivity contribution in [3.8, 4) is 0 Å². The zero-order chi connectivity index (χ0) is 10.4. The van der Waals surface area contributed by atoms with Crippen LogP contribution in [0.1, 0.15) is 16.8 Å². The van der Waals surface area contributed by atoms with E-state index in [0.717, 1.165) is 22.2 Å². The predicted octanol–water partition coefficient (Wildman–Crippen LogP) is 2.82. The lowest BCUT2D eigenvalue weighted by Gasteiger charge is -1.99. The number of carbonyl (C=O) groups excluding carboxylic acids is 1. The van der Waals surface area contributed by atoms with Gasteiger partial charge < -0.3 is 10.3 Å².